The number of hydrogen-bond acceptors (Lipinski definition) is 4. The number of hydrogen-bond donors (Lipinski definition) is 2. The van der Waals surface area contributed by atoms with Crippen molar-refractivity contribution in [1.82, 2.24) is 10.3 Å². The molecule has 0 aromatic heterocycles. The van der Waals surface area contributed by atoms with Crippen LogP contribution in [0.4, 0.5) is 4.79 Å². The van der Waals surface area contributed by atoms with E-state index in [4.69, 9.17) is 10.6 Å². The van der Waals surface area contributed by atoms with Gasteiger partial charge in [-0.05, 0) is 32.8 Å². The summed E-state index contributed by atoms with van der Waals surface area (Å²) in [4.78, 5) is 25.9. The van der Waals surface area contributed by atoms with E-state index in [9.17, 15) is 9.59 Å². The lowest BCUT2D eigenvalue weighted by Gasteiger charge is -2.28. The third-order valence-electron chi connectivity index (χ3n) is 3.63. The molecule has 2 rings (SSSR count). The highest BCUT2D eigenvalue weighted by Crippen LogP contribution is 2.36. The number of nitrogens with zero attached hydrogens (tertiary/aromatic N) is 1. The standard InChI is InChI=1S/C16H23N3O3/c1-16(2,3)22-15(21)19-10-12(14(20)18-17)9-13(19)11-7-5-4-6-8-11/h4-8,12-13H,9-10,17H2,1-3H3,(H,18,20)/t12-,13-/m0/s1. The molecule has 2 amide bonds. The Hall–Kier alpha value is -2.08. The minimum atomic E-state index is -0.577. The van der Waals surface area contributed by atoms with Crippen LogP contribution in [0.25, 0.3) is 0 Å². The second-order valence-corrected chi connectivity index (χ2v) is 6.50. The molecular formula is C16H23N3O3. The normalized spacial score (nSPS) is 21.5. The van der Waals surface area contributed by atoms with E-state index in [1.54, 1.807) is 4.90 Å². The van der Waals surface area contributed by atoms with E-state index >= 15 is 0 Å². The lowest BCUT2D eigenvalue weighted by molar-refractivity contribution is -0.124. The fourth-order valence-corrected chi connectivity index (χ4v) is 2.66. The zero-order valence-electron chi connectivity index (χ0n) is 13.2. The maximum atomic E-state index is 12.4. The summed E-state index contributed by atoms with van der Waals surface area (Å²) in [7, 11) is 0. The molecular weight excluding hydrogens is 282 g/mol. The lowest BCUT2D eigenvalue weighted by atomic mass is 9.99. The smallest absolute Gasteiger partial charge is 0.410 e. The molecule has 22 heavy (non-hydrogen) atoms. The van der Waals surface area contributed by atoms with Gasteiger partial charge >= 0.3 is 6.09 Å². The van der Waals surface area contributed by atoms with Crippen LogP contribution in [0.15, 0.2) is 30.3 Å². The predicted octanol–water partition coefficient (Wildman–Crippen LogP) is 1.97. The maximum Gasteiger partial charge on any atom is 0.410 e. The van der Waals surface area contributed by atoms with E-state index in [-0.39, 0.29) is 17.9 Å². The zero-order chi connectivity index (χ0) is 16.3. The first-order chi connectivity index (χ1) is 10.3. The number of nitrogens with one attached hydrogen (secondary N) is 1. The lowest BCUT2D eigenvalue weighted by Crippen LogP contribution is -2.39. The minimum absolute atomic E-state index is 0.182. The number of carbonyl (C=O) groups is 2. The van der Waals surface area contributed by atoms with Gasteiger partial charge in [-0.2, -0.15) is 0 Å². The molecule has 0 radical (unpaired) electrons. The van der Waals surface area contributed by atoms with E-state index in [1.165, 1.54) is 0 Å². The summed E-state index contributed by atoms with van der Waals surface area (Å²) in [5.41, 5.74) is 2.58. The third-order valence-corrected chi connectivity index (χ3v) is 3.63. The van der Waals surface area contributed by atoms with Crippen LogP contribution in [-0.2, 0) is 9.53 Å². The summed E-state index contributed by atoms with van der Waals surface area (Å²) >= 11 is 0. The molecule has 1 aliphatic heterocycles. The van der Waals surface area contributed by atoms with Gasteiger partial charge < -0.3 is 9.64 Å². The summed E-state index contributed by atoms with van der Waals surface area (Å²) in [5, 5.41) is 0. The van der Waals surface area contributed by atoms with Crippen molar-refractivity contribution < 1.29 is 14.3 Å². The van der Waals surface area contributed by atoms with Crippen LogP contribution in [0.3, 0.4) is 0 Å². The summed E-state index contributed by atoms with van der Waals surface area (Å²) in [6.45, 7) is 5.77. The summed E-state index contributed by atoms with van der Waals surface area (Å²) in [6.07, 6.45) is 0.125. The first kappa shape index (κ1) is 16.3. The Labute approximate surface area is 130 Å². The fraction of sp³-hybridized carbons (Fsp3) is 0.500. The molecule has 1 aromatic rings. The second kappa shape index (κ2) is 6.36. The molecule has 0 unspecified atom stereocenters. The SMILES string of the molecule is CC(C)(C)OC(=O)N1C[C@@H](C(=O)NN)C[C@H]1c1ccccc1. The van der Waals surface area contributed by atoms with Crippen molar-refractivity contribution in [1.29, 1.82) is 0 Å². The molecule has 2 atom stereocenters. The molecule has 1 heterocycles. The highest BCUT2D eigenvalue weighted by atomic mass is 16.6. The van der Waals surface area contributed by atoms with Gasteiger partial charge in [-0.25, -0.2) is 10.6 Å². The minimum Gasteiger partial charge on any atom is -0.444 e. The molecule has 0 saturated carbocycles. The van der Waals surface area contributed by atoms with Crippen LogP contribution in [-0.4, -0.2) is 29.0 Å². The van der Waals surface area contributed by atoms with Crippen molar-refractivity contribution in [2.75, 3.05) is 6.54 Å². The van der Waals surface area contributed by atoms with Gasteiger partial charge in [0.25, 0.3) is 0 Å². The van der Waals surface area contributed by atoms with Crippen molar-refractivity contribution in [3.05, 3.63) is 35.9 Å². The average molecular weight is 305 g/mol. The third kappa shape index (κ3) is 3.76. The molecule has 1 fully saturated rings. The van der Waals surface area contributed by atoms with Gasteiger partial charge in [-0.1, -0.05) is 30.3 Å². The van der Waals surface area contributed by atoms with Gasteiger partial charge in [0, 0.05) is 6.54 Å². The number of likely N-dealkylation sites (tertiary alicyclic amines) is 1. The van der Waals surface area contributed by atoms with E-state index in [1.807, 2.05) is 51.1 Å². The number of amides is 2. The molecule has 1 aromatic carbocycles. The summed E-state index contributed by atoms with van der Waals surface area (Å²) in [5.74, 6) is 4.64. The highest BCUT2D eigenvalue weighted by molar-refractivity contribution is 5.80. The molecule has 120 valence electrons. The Kier molecular flexibility index (Phi) is 4.71. The van der Waals surface area contributed by atoms with E-state index in [0.717, 1.165) is 5.56 Å². The zero-order valence-corrected chi connectivity index (χ0v) is 13.2. The molecule has 6 nitrogen and oxygen atoms in total. The summed E-state index contributed by atoms with van der Waals surface area (Å²) < 4.78 is 5.46. The second-order valence-electron chi connectivity index (χ2n) is 6.50. The predicted molar refractivity (Wildman–Crippen MR) is 82.6 cm³/mol. The molecule has 1 saturated heterocycles. The summed E-state index contributed by atoms with van der Waals surface area (Å²) in [6, 6.07) is 9.46. The monoisotopic (exact) mass is 305 g/mol. The van der Waals surface area contributed by atoms with Gasteiger partial charge in [0.2, 0.25) is 5.91 Å². The van der Waals surface area contributed by atoms with Crippen LogP contribution >= 0.6 is 0 Å². The quantitative estimate of drug-likeness (QED) is 0.497. The van der Waals surface area contributed by atoms with Crippen molar-refractivity contribution in [2.45, 2.75) is 38.8 Å². The molecule has 3 N–H and O–H groups in total. The van der Waals surface area contributed by atoms with Gasteiger partial charge in [0.05, 0.1) is 12.0 Å². The van der Waals surface area contributed by atoms with Crippen LogP contribution in [0, 0.1) is 5.92 Å². The van der Waals surface area contributed by atoms with Crippen molar-refractivity contribution in [2.24, 2.45) is 11.8 Å². The van der Waals surface area contributed by atoms with Gasteiger partial charge in [-0.15, -0.1) is 0 Å². The molecule has 6 heteroatoms. The number of rotatable bonds is 2. The van der Waals surface area contributed by atoms with Crippen molar-refractivity contribution in [3.8, 4) is 0 Å². The topological polar surface area (TPSA) is 84.7 Å². The Balaban J connectivity index is 2.23. The molecule has 1 aliphatic rings. The van der Waals surface area contributed by atoms with Crippen LogP contribution in [0.2, 0.25) is 0 Å². The van der Waals surface area contributed by atoms with E-state index in [2.05, 4.69) is 5.43 Å². The average Bonchev–Trinajstić information content (AvgIpc) is 2.91. The van der Waals surface area contributed by atoms with Gasteiger partial charge in [-0.3, -0.25) is 10.2 Å². The Morgan fingerprint density at radius 3 is 2.45 bits per heavy atom. The first-order valence-corrected chi connectivity index (χ1v) is 7.37. The van der Waals surface area contributed by atoms with Crippen molar-refractivity contribution in [3.63, 3.8) is 0 Å². The Morgan fingerprint density at radius 2 is 1.91 bits per heavy atom. The molecule has 0 spiro atoms. The Bertz CT molecular complexity index is 539. The van der Waals surface area contributed by atoms with Gasteiger partial charge in [0.1, 0.15) is 5.60 Å². The van der Waals surface area contributed by atoms with Gasteiger partial charge in [0.15, 0.2) is 0 Å². The van der Waals surface area contributed by atoms with Crippen LogP contribution in [0.1, 0.15) is 38.8 Å². The van der Waals surface area contributed by atoms with Crippen LogP contribution < -0.4 is 11.3 Å². The fourth-order valence-electron chi connectivity index (χ4n) is 2.66. The largest absolute Gasteiger partial charge is 0.444 e. The van der Waals surface area contributed by atoms with E-state index < -0.39 is 11.7 Å². The molecule has 0 bridgehead atoms. The maximum absolute atomic E-state index is 12.4. The highest BCUT2D eigenvalue weighted by Gasteiger charge is 2.40. The van der Waals surface area contributed by atoms with Crippen molar-refractivity contribution >= 4 is 12.0 Å². The van der Waals surface area contributed by atoms with Crippen LogP contribution in [0.5, 0.6) is 0 Å². The Morgan fingerprint density at radius 1 is 1.27 bits per heavy atom. The number of carbonyl (C=O) groups excluding carboxylic acids is 2. The molecule has 0 aliphatic carbocycles. The number of benzene rings is 1. The number of nitrogens with two attached hydrogens (primary N) is 1. The number of ether oxygens (including phenoxy) is 1. The van der Waals surface area contributed by atoms with E-state index in [0.29, 0.717) is 13.0 Å². The number of hydrazine groups is 1. The first-order valence-electron chi connectivity index (χ1n) is 7.37.